The van der Waals surface area contributed by atoms with Crippen LogP contribution in [-0.4, -0.2) is 19.4 Å². The Morgan fingerprint density at radius 2 is 2.31 bits per heavy atom. The lowest BCUT2D eigenvalue weighted by Gasteiger charge is -2.01. The summed E-state index contributed by atoms with van der Waals surface area (Å²) in [6.07, 6.45) is 0. The third kappa shape index (κ3) is 2.60. The van der Waals surface area contributed by atoms with Crippen LogP contribution >= 0.6 is 15.9 Å². The van der Waals surface area contributed by atoms with E-state index in [1.54, 1.807) is 13.1 Å². The number of hydrogen-bond donors (Lipinski definition) is 1. The van der Waals surface area contributed by atoms with Gasteiger partial charge in [0.05, 0.1) is 12.1 Å². The summed E-state index contributed by atoms with van der Waals surface area (Å²) in [7, 11) is 1.65. The van der Waals surface area contributed by atoms with Gasteiger partial charge in [-0.15, -0.1) is 0 Å². The molecule has 0 saturated carbocycles. The van der Waals surface area contributed by atoms with E-state index in [0.29, 0.717) is 4.47 Å². The summed E-state index contributed by atoms with van der Waals surface area (Å²) in [6, 6.07) is 4.31. The Labute approximate surface area is 84.3 Å². The Morgan fingerprint density at radius 3 is 2.92 bits per heavy atom. The molecule has 0 radical (unpaired) electrons. The maximum Gasteiger partial charge on any atom is 0.179 e. The zero-order valence-corrected chi connectivity index (χ0v) is 8.69. The van der Waals surface area contributed by atoms with Gasteiger partial charge in [-0.3, -0.25) is 4.79 Å². The van der Waals surface area contributed by atoms with Gasteiger partial charge in [0.15, 0.2) is 5.78 Å². The zero-order valence-electron chi connectivity index (χ0n) is 7.10. The minimum Gasteiger partial charge on any atom is -0.313 e. The largest absolute Gasteiger partial charge is 0.313 e. The average Bonchev–Trinajstić information content (AvgIpc) is 2.09. The second-order valence-corrected chi connectivity index (χ2v) is 3.49. The van der Waals surface area contributed by atoms with Crippen molar-refractivity contribution in [2.24, 2.45) is 0 Å². The van der Waals surface area contributed by atoms with E-state index >= 15 is 0 Å². The van der Waals surface area contributed by atoms with Crippen LogP contribution in [0.3, 0.4) is 0 Å². The number of carbonyl (C=O) groups is 1. The molecule has 4 heteroatoms. The Hall–Kier alpha value is -0.740. The first-order chi connectivity index (χ1) is 6.15. The van der Waals surface area contributed by atoms with Crippen LogP contribution in [0.1, 0.15) is 10.4 Å². The van der Waals surface area contributed by atoms with Crippen molar-refractivity contribution in [3.8, 4) is 0 Å². The Morgan fingerprint density at radius 1 is 1.62 bits per heavy atom. The smallest absolute Gasteiger partial charge is 0.179 e. The molecular formula is C9H9BrFNO. The standard InChI is InChI=1S/C9H9BrFNO/c1-12-5-9(13)7-4-6(10)2-3-8(7)11/h2-4,12H,5H2,1H3. The number of halogens is 2. The lowest BCUT2D eigenvalue weighted by Crippen LogP contribution is -2.19. The molecule has 0 aliphatic carbocycles. The van der Waals surface area contributed by atoms with Crippen molar-refractivity contribution < 1.29 is 9.18 Å². The van der Waals surface area contributed by atoms with Crippen molar-refractivity contribution in [1.29, 1.82) is 0 Å². The molecule has 0 atom stereocenters. The molecule has 1 aromatic carbocycles. The molecule has 70 valence electrons. The van der Waals surface area contributed by atoms with Gasteiger partial charge >= 0.3 is 0 Å². The fraction of sp³-hybridized carbons (Fsp3) is 0.222. The topological polar surface area (TPSA) is 29.1 Å². The first-order valence-corrected chi connectivity index (χ1v) is 4.57. The first kappa shape index (κ1) is 10.3. The molecule has 2 nitrogen and oxygen atoms in total. The number of rotatable bonds is 3. The first-order valence-electron chi connectivity index (χ1n) is 3.78. The summed E-state index contributed by atoms with van der Waals surface area (Å²) in [6.45, 7) is 0.146. The molecule has 0 bridgehead atoms. The molecule has 0 saturated heterocycles. The molecule has 1 N–H and O–H groups in total. The fourth-order valence-electron chi connectivity index (χ4n) is 0.967. The van der Waals surface area contributed by atoms with Crippen molar-refractivity contribution >= 4 is 21.7 Å². The van der Waals surface area contributed by atoms with Gasteiger partial charge < -0.3 is 5.32 Å². The summed E-state index contributed by atoms with van der Waals surface area (Å²) in [4.78, 5) is 11.3. The number of benzene rings is 1. The van der Waals surface area contributed by atoms with E-state index in [1.807, 2.05) is 0 Å². The quantitative estimate of drug-likeness (QED) is 0.826. The third-order valence-electron chi connectivity index (χ3n) is 1.57. The third-order valence-corrected chi connectivity index (χ3v) is 2.06. The summed E-state index contributed by atoms with van der Waals surface area (Å²) in [5.74, 6) is -0.732. The fourth-order valence-corrected chi connectivity index (χ4v) is 1.33. The van der Waals surface area contributed by atoms with E-state index in [4.69, 9.17) is 0 Å². The van der Waals surface area contributed by atoms with Crippen LogP contribution in [0.5, 0.6) is 0 Å². The number of nitrogens with one attached hydrogen (secondary N) is 1. The molecule has 0 unspecified atom stereocenters. The molecule has 0 aliphatic heterocycles. The van der Waals surface area contributed by atoms with Crippen LogP contribution in [0.15, 0.2) is 22.7 Å². The van der Waals surface area contributed by atoms with Crippen molar-refractivity contribution in [3.63, 3.8) is 0 Å². The normalized spacial score (nSPS) is 10.1. The molecule has 0 fully saturated rings. The van der Waals surface area contributed by atoms with Gasteiger partial charge in [0.25, 0.3) is 0 Å². The molecule has 0 spiro atoms. The molecule has 0 heterocycles. The monoisotopic (exact) mass is 245 g/mol. The van der Waals surface area contributed by atoms with E-state index in [1.165, 1.54) is 12.1 Å². The lowest BCUT2D eigenvalue weighted by atomic mass is 10.1. The van der Waals surface area contributed by atoms with Crippen LogP contribution < -0.4 is 5.32 Å². The van der Waals surface area contributed by atoms with Crippen LogP contribution in [-0.2, 0) is 0 Å². The highest BCUT2D eigenvalue weighted by Crippen LogP contribution is 2.15. The van der Waals surface area contributed by atoms with Gasteiger partial charge in [-0.2, -0.15) is 0 Å². The Bertz CT molecular complexity index is 327. The lowest BCUT2D eigenvalue weighted by molar-refractivity contribution is 0.0989. The number of hydrogen-bond acceptors (Lipinski definition) is 2. The van der Waals surface area contributed by atoms with Crippen molar-refractivity contribution in [2.75, 3.05) is 13.6 Å². The van der Waals surface area contributed by atoms with E-state index < -0.39 is 5.82 Å². The van der Waals surface area contributed by atoms with Gasteiger partial charge in [0.1, 0.15) is 5.82 Å². The van der Waals surface area contributed by atoms with Gasteiger partial charge in [-0.25, -0.2) is 4.39 Å². The maximum atomic E-state index is 13.1. The van der Waals surface area contributed by atoms with Gasteiger partial charge in [0.2, 0.25) is 0 Å². The minimum atomic E-state index is -0.483. The highest BCUT2D eigenvalue weighted by atomic mass is 79.9. The summed E-state index contributed by atoms with van der Waals surface area (Å²) in [5.41, 5.74) is 0.115. The summed E-state index contributed by atoms with van der Waals surface area (Å²) < 4.78 is 13.8. The predicted molar refractivity (Wildman–Crippen MR) is 52.4 cm³/mol. The number of ketones is 1. The van der Waals surface area contributed by atoms with E-state index in [2.05, 4.69) is 21.2 Å². The Kier molecular flexibility index (Phi) is 3.57. The van der Waals surface area contributed by atoms with E-state index in [-0.39, 0.29) is 17.9 Å². The van der Waals surface area contributed by atoms with Gasteiger partial charge in [-0.1, -0.05) is 15.9 Å². The minimum absolute atomic E-state index is 0.115. The SMILES string of the molecule is CNCC(=O)c1cc(Br)ccc1F. The molecule has 0 aromatic heterocycles. The molecular weight excluding hydrogens is 237 g/mol. The highest BCUT2D eigenvalue weighted by molar-refractivity contribution is 9.10. The average molecular weight is 246 g/mol. The molecule has 0 aliphatic rings. The van der Waals surface area contributed by atoms with Crippen molar-refractivity contribution in [3.05, 3.63) is 34.1 Å². The predicted octanol–water partition coefficient (Wildman–Crippen LogP) is 1.99. The summed E-state index contributed by atoms with van der Waals surface area (Å²) >= 11 is 3.18. The highest BCUT2D eigenvalue weighted by Gasteiger charge is 2.10. The van der Waals surface area contributed by atoms with Crippen LogP contribution in [0.2, 0.25) is 0 Å². The van der Waals surface area contributed by atoms with Crippen LogP contribution in [0.25, 0.3) is 0 Å². The van der Waals surface area contributed by atoms with Crippen molar-refractivity contribution in [1.82, 2.24) is 5.32 Å². The number of likely N-dealkylation sites (N-methyl/N-ethyl adjacent to an activating group) is 1. The second kappa shape index (κ2) is 4.48. The van der Waals surface area contributed by atoms with Crippen molar-refractivity contribution in [2.45, 2.75) is 0 Å². The molecule has 13 heavy (non-hydrogen) atoms. The number of Topliss-reactive ketones (excluding diaryl/α,β-unsaturated/α-hetero) is 1. The maximum absolute atomic E-state index is 13.1. The molecule has 1 aromatic rings. The van der Waals surface area contributed by atoms with E-state index in [0.717, 1.165) is 0 Å². The number of carbonyl (C=O) groups excluding carboxylic acids is 1. The Balaban J connectivity index is 2.99. The summed E-state index contributed by atoms with van der Waals surface area (Å²) in [5, 5.41) is 2.68. The van der Waals surface area contributed by atoms with Crippen LogP contribution in [0.4, 0.5) is 4.39 Å². The van der Waals surface area contributed by atoms with E-state index in [9.17, 15) is 9.18 Å². The van der Waals surface area contributed by atoms with Gasteiger partial charge in [-0.05, 0) is 25.2 Å². The second-order valence-electron chi connectivity index (χ2n) is 2.58. The molecule has 0 amide bonds. The van der Waals surface area contributed by atoms with Gasteiger partial charge in [0, 0.05) is 4.47 Å². The zero-order chi connectivity index (χ0) is 9.84. The van der Waals surface area contributed by atoms with Crippen LogP contribution in [0, 0.1) is 5.82 Å². The molecule has 1 rings (SSSR count).